The van der Waals surface area contributed by atoms with E-state index in [0.29, 0.717) is 37.7 Å². The smallest absolute Gasteiger partial charge is 0.308 e. The van der Waals surface area contributed by atoms with E-state index in [-0.39, 0.29) is 11.3 Å². The first-order valence-electron chi connectivity index (χ1n) is 10.1. The third-order valence-electron chi connectivity index (χ3n) is 4.56. The topological polar surface area (TPSA) is 92.0 Å². The van der Waals surface area contributed by atoms with E-state index >= 15 is 0 Å². The van der Waals surface area contributed by atoms with Crippen molar-refractivity contribution in [3.8, 4) is 28.6 Å². The number of aromatic nitrogens is 3. The van der Waals surface area contributed by atoms with E-state index in [1.165, 1.54) is 29.9 Å². The molecule has 0 N–H and O–H groups in total. The second kappa shape index (κ2) is 9.72. The van der Waals surface area contributed by atoms with Crippen molar-refractivity contribution in [3.05, 3.63) is 61.3 Å². The summed E-state index contributed by atoms with van der Waals surface area (Å²) < 4.78 is 18.4. The van der Waals surface area contributed by atoms with Gasteiger partial charge in [-0.1, -0.05) is 18.3 Å². The van der Waals surface area contributed by atoms with Crippen molar-refractivity contribution in [1.29, 1.82) is 0 Å². The molecule has 0 fully saturated rings. The van der Waals surface area contributed by atoms with Crippen LogP contribution < -0.4 is 24.3 Å². The minimum absolute atomic E-state index is 0.268. The third-order valence-corrected chi connectivity index (χ3v) is 6.11. The second-order valence-electron chi connectivity index (χ2n) is 7.05. The van der Waals surface area contributed by atoms with Crippen molar-refractivity contribution in [1.82, 2.24) is 14.6 Å². The number of nitrogens with zero attached hydrogens (tertiary/aromatic N) is 3. The predicted octanol–water partition coefficient (Wildman–Crippen LogP) is 3.85. The average molecular weight is 530 g/mol. The number of thiazole rings is 1. The normalized spacial score (nSPS) is 11.7. The predicted molar refractivity (Wildman–Crippen MR) is 129 cm³/mol. The third kappa shape index (κ3) is 4.91. The number of hydrogen-bond acceptors (Lipinski definition) is 8. The zero-order valence-electron chi connectivity index (χ0n) is 18.1. The summed E-state index contributed by atoms with van der Waals surface area (Å²) >= 11 is 4.63. The van der Waals surface area contributed by atoms with Gasteiger partial charge in [-0.15, -0.1) is 5.10 Å². The van der Waals surface area contributed by atoms with Crippen LogP contribution in [-0.4, -0.2) is 34.3 Å². The Morgan fingerprint density at radius 3 is 2.64 bits per heavy atom. The summed E-state index contributed by atoms with van der Waals surface area (Å²) in [5.41, 5.74) is 1.23. The molecule has 2 aromatic carbocycles. The van der Waals surface area contributed by atoms with Crippen molar-refractivity contribution >= 4 is 44.3 Å². The highest BCUT2D eigenvalue weighted by Crippen LogP contribution is 2.37. The van der Waals surface area contributed by atoms with Crippen LogP contribution in [0.15, 0.2) is 45.7 Å². The molecule has 0 saturated carbocycles. The standard InChI is InChI=1S/C23H20BrN3O5S/c1-4-9-31-16-7-5-15(6-8-16)21-25-23-27(26-21)22(29)19(33-23)12-14-10-17(24)20(32-13(2)28)18(11-14)30-3/h5-8,10-12H,4,9H2,1-3H3/b19-12-. The molecule has 0 bridgehead atoms. The molecule has 8 nitrogen and oxygen atoms in total. The van der Waals surface area contributed by atoms with E-state index < -0.39 is 5.97 Å². The van der Waals surface area contributed by atoms with Crippen molar-refractivity contribution < 1.29 is 19.0 Å². The van der Waals surface area contributed by atoms with Crippen molar-refractivity contribution in [2.75, 3.05) is 13.7 Å². The highest BCUT2D eigenvalue weighted by atomic mass is 79.9. The van der Waals surface area contributed by atoms with Gasteiger partial charge in [0.25, 0.3) is 5.56 Å². The quantitative estimate of drug-likeness (QED) is 0.265. The molecule has 2 aromatic heterocycles. The number of ether oxygens (including phenoxy) is 3. The minimum atomic E-state index is -0.461. The van der Waals surface area contributed by atoms with Crippen LogP contribution in [-0.2, 0) is 4.79 Å². The second-order valence-corrected chi connectivity index (χ2v) is 8.91. The number of methoxy groups -OCH3 is 1. The van der Waals surface area contributed by atoms with Gasteiger partial charge in [0.15, 0.2) is 17.3 Å². The Morgan fingerprint density at radius 1 is 1.24 bits per heavy atom. The van der Waals surface area contributed by atoms with Crippen LogP contribution in [0.2, 0.25) is 0 Å². The van der Waals surface area contributed by atoms with Crippen molar-refractivity contribution in [2.24, 2.45) is 0 Å². The molecule has 170 valence electrons. The fraction of sp³-hybridized carbons (Fsp3) is 0.217. The Hall–Kier alpha value is -3.24. The van der Waals surface area contributed by atoms with Crippen molar-refractivity contribution in [2.45, 2.75) is 20.3 Å². The van der Waals surface area contributed by atoms with E-state index in [1.807, 2.05) is 24.3 Å². The number of rotatable bonds is 7. The van der Waals surface area contributed by atoms with E-state index in [9.17, 15) is 9.59 Å². The molecule has 2 heterocycles. The zero-order valence-corrected chi connectivity index (χ0v) is 20.5. The largest absolute Gasteiger partial charge is 0.494 e. The summed E-state index contributed by atoms with van der Waals surface area (Å²) in [5.74, 6) is 1.44. The monoisotopic (exact) mass is 529 g/mol. The maximum absolute atomic E-state index is 12.9. The van der Waals surface area contributed by atoms with Gasteiger partial charge in [0.1, 0.15) is 5.75 Å². The van der Waals surface area contributed by atoms with E-state index in [2.05, 4.69) is 32.9 Å². The van der Waals surface area contributed by atoms with Crippen molar-refractivity contribution in [3.63, 3.8) is 0 Å². The molecule has 0 unspecified atom stereocenters. The maximum Gasteiger partial charge on any atom is 0.308 e. The van der Waals surface area contributed by atoms with Gasteiger partial charge >= 0.3 is 5.97 Å². The lowest BCUT2D eigenvalue weighted by atomic mass is 10.2. The molecule has 4 rings (SSSR count). The molecular formula is C23H20BrN3O5S. The van der Waals surface area contributed by atoms with Crippen LogP contribution in [0.25, 0.3) is 22.4 Å². The van der Waals surface area contributed by atoms with Crippen LogP contribution in [0, 0.1) is 0 Å². The molecule has 0 aliphatic rings. The van der Waals surface area contributed by atoms with Crippen LogP contribution in [0.4, 0.5) is 0 Å². The van der Waals surface area contributed by atoms with Crippen LogP contribution in [0.5, 0.6) is 17.2 Å². The summed E-state index contributed by atoms with van der Waals surface area (Å²) in [6, 6.07) is 10.9. The molecule has 0 spiro atoms. The lowest BCUT2D eigenvalue weighted by Gasteiger charge is -2.10. The number of esters is 1. The molecule has 0 atom stereocenters. The highest BCUT2D eigenvalue weighted by Gasteiger charge is 2.15. The maximum atomic E-state index is 12.9. The van der Waals surface area contributed by atoms with Gasteiger partial charge in [0, 0.05) is 12.5 Å². The number of benzene rings is 2. The van der Waals surface area contributed by atoms with E-state index in [1.54, 1.807) is 18.2 Å². The lowest BCUT2D eigenvalue weighted by Crippen LogP contribution is -2.23. The first kappa shape index (κ1) is 22.9. The summed E-state index contributed by atoms with van der Waals surface area (Å²) in [7, 11) is 1.48. The van der Waals surface area contributed by atoms with Crippen LogP contribution in [0.1, 0.15) is 25.8 Å². The highest BCUT2D eigenvalue weighted by molar-refractivity contribution is 9.10. The molecule has 0 amide bonds. The molecule has 10 heteroatoms. The van der Waals surface area contributed by atoms with Gasteiger partial charge in [0.2, 0.25) is 4.96 Å². The summed E-state index contributed by atoms with van der Waals surface area (Å²) in [6.07, 6.45) is 2.65. The molecule has 0 saturated heterocycles. The number of carbonyl (C=O) groups excluding carboxylic acids is 1. The number of halogens is 1. The van der Waals surface area contributed by atoms with E-state index in [0.717, 1.165) is 17.7 Å². The molecule has 0 aliphatic heterocycles. The van der Waals surface area contributed by atoms with Gasteiger partial charge in [0.05, 0.1) is 22.7 Å². The first-order valence-corrected chi connectivity index (χ1v) is 11.7. The van der Waals surface area contributed by atoms with Crippen LogP contribution in [0.3, 0.4) is 0 Å². The molecule has 33 heavy (non-hydrogen) atoms. The molecule has 0 aliphatic carbocycles. The van der Waals surface area contributed by atoms with Crippen LogP contribution >= 0.6 is 27.3 Å². The Morgan fingerprint density at radius 2 is 2.00 bits per heavy atom. The summed E-state index contributed by atoms with van der Waals surface area (Å²) in [6.45, 7) is 4.02. The van der Waals surface area contributed by atoms with E-state index in [4.69, 9.17) is 14.2 Å². The minimum Gasteiger partial charge on any atom is -0.494 e. The molecular weight excluding hydrogens is 510 g/mol. The zero-order chi connectivity index (χ0) is 23.5. The van der Waals surface area contributed by atoms with Gasteiger partial charge in [-0.25, -0.2) is 0 Å². The SMILES string of the molecule is CCCOc1ccc(-c2nc3s/c(=C\c4cc(Br)c(OC(C)=O)c(OC)c4)c(=O)n3n2)cc1. The van der Waals surface area contributed by atoms with Gasteiger partial charge in [-0.3, -0.25) is 9.59 Å². The van der Waals surface area contributed by atoms with Gasteiger partial charge < -0.3 is 14.2 Å². The number of carbonyl (C=O) groups is 1. The Kier molecular flexibility index (Phi) is 6.75. The summed E-state index contributed by atoms with van der Waals surface area (Å²) in [5, 5.41) is 4.39. The first-order chi connectivity index (χ1) is 15.9. The average Bonchev–Trinajstić information content (AvgIpc) is 3.33. The van der Waals surface area contributed by atoms with Gasteiger partial charge in [-0.05, 0) is 70.4 Å². The Bertz CT molecular complexity index is 1430. The summed E-state index contributed by atoms with van der Waals surface area (Å²) in [4.78, 5) is 29.3. The molecule has 0 radical (unpaired) electrons. The van der Waals surface area contributed by atoms with Gasteiger partial charge in [-0.2, -0.15) is 9.50 Å². The Balaban J connectivity index is 1.67. The molecule has 4 aromatic rings. The number of fused-ring (bicyclic) bond motifs is 1. The Labute approximate surface area is 201 Å². The lowest BCUT2D eigenvalue weighted by molar-refractivity contribution is -0.132. The fourth-order valence-electron chi connectivity index (χ4n) is 3.09. The number of hydrogen-bond donors (Lipinski definition) is 0. The fourth-order valence-corrected chi connectivity index (χ4v) is 4.54.